The molecule has 0 radical (unpaired) electrons. The predicted molar refractivity (Wildman–Crippen MR) is 124 cm³/mol. The Balaban J connectivity index is 1.56. The number of amides is 1. The summed E-state index contributed by atoms with van der Waals surface area (Å²) in [5, 5.41) is 0. The Bertz CT molecular complexity index is 990. The van der Waals surface area contributed by atoms with E-state index in [1.807, 2.05) is 48.3 Å². The highest BCUT2D eigenvalue weighted by molar-refractivity contribution is 7.91. The van der Waals surface area contributed by atoms with Gasteiger partial charge in [0.15, 0.2) is 9.84 Å². The minimum absolute atomic E-state index is 0.00160. The minimum atomic E-state index is -3.01. The minimum Gasteiger partial charge on any atom is -0.371 e. The zero-order valence-electron chi connectivity index (χ0n) is 18.1. The lowest BCUT2D eigenvalue weighted by atomic mass is 10.0. The van der Waals surface area contributed by atoms with Gasteiger partial charge in [0.25, 0.3) is 0 Å². The molecule has 2 aromatic carbocycles. The van der Waals surface area contributed by atoms with Crippen LogP contribution in [0.15, 0.2) is 54.6 Å². The van der Waals surface area contributed by atoms with Crippen molar-refractivity contribution in [2.45, 2.75) is 25.4 Å². The van der Waals surface area contributed by atoms with Crippen molar-refractivity contribution in [3.8, 4) is 0 Å². The van der Waals surface area contributed by atoms with Gasteiger partial charge in [-0.25, -0.2) is 8.42 Å². The summed E-state index contributed by atoms with van der Waals surface area (Å²) >= 11 is 0. The third-order valence-electron chi connectivity index (χ3n) is 6.32. The molecule has 166 valence electrons. The number of likely N-dealkylation sites (N-methyl/N-ethyl adjacent to an activating group) is 1. The third kappa shape index (κ3) is 5.10. The number of anilines is 1. The second-order valence-electron chi connectivity index (χ2n) is 8.52. The van der Waals surface area contributed by atoms with Crippen molar-refractivity contribution in [1.82, 2.24) is 9.80 Å². The second kappa shape index (κ2) is 9.40. The van der Waals surface area contributed by atoms with Gasteiger partial charge < -0.3 is 9.80 Å². The number of carbonyl (C=O) groups excluding carboxylic acids is 1. The molecule has 4 rings (SSSR count). The van der Waals surface area contributed by atoms with Gasteiger partial charge in [-0.1, -0.05) is 48.5 Å². The Labute approximate surface area is 185 Å². The number of carbonyl (C=O) groups is 1. The Kier molecular flexibility index (Phi) is 6.62. The number of hydrogen-bond acceptors (Lipinski definition) is 5. The molecule has 2 aliphatic heterocycles. The Hall–Kier alpha value is -2.38. The van der Waals surface area contributed by atoms with Crippen LogP contribution in [0.2, 0.25) is 0 Å². The first-order valence-electron chi connectivity index (χ1n) is 11.0. The molecule has 2 aliphatic rings. The summed E-state index contributed by atoms with van der Waals surface area (Å²) in [5.41, 5.74) is 3.26. The Morgan fingerprint density at radius 1 is 0.935 bits per heavy atom. The molecule has 6 nitrogen and oxygen atoms in total. The zero-order valence-corrected chi connectivity index (χ0v) is 18.9. The molecule has 7 heteroatoms. The van der Waals surface area contributed by atoms with Gasteiger partial charge in [0.05, 0.1) is 11.5 Å². The van der Waals surface area contributed by atoms with Crippen LogP contribution in [0.25, 0.3) is 0 Å². The number of hydrogen-bond donors (Lipinski definition) is 0. The summed E-state index contributed by atoms with van der Waals surface area (Å²) in [6.45, 7) is 3.41. The fraction of sp³-hybridized carbons (Fsp3) is 0.458. The molecule has 1 amide bonds. The molecule has 0 spiro atoms. The molecule has 2 saturated heterocycles. The zero-order chi connectivity index (χ0) is 21.8. The highest BCUT2D eigenvalue weighted by Crippen LogP contribution is 2.28. The fourth-order valence-electron chi connectivity index (χ4n) is 4.58. The molecule has 1 atom stereocenters. The molecular formula is C24H31N3O3S. The van der Waals surface area contributed by atoms with Crippen LogP contribution in [0.1, 0.15) is 30.0 Å². The van der Waals surface area contributed by atoms with Gasteiger partial charge in [0, 0.05) is 45.5 Å². The largest absolute Gasteiger partial charge is 0.371 e. The maximum absolute atomic E-state index is 13.7. The first kappa shape index (κ1) is 21.8. The number of para-hydroxylation sites is 1. The highest BCUT2D eigenvalue weighted by Gasteiger charge is 2.34. The third-order valence-corrected chi connectivity index (χ3v) is 7.92. The summed E-state index contributed by atoms with van der Waals surface area (Å²) in [6, 6.07) is 17.6. The van der Waals surface area contributed by atoms with E-state index in [9.17, 15) is 13.2 Å². The smallest absolute Gasteiger partial charge is 0.244 e. The van der Waals surface area contributed by atoms with Crippen LogP contribution in [0.3, 0.4) is 0 Å². The second-order valence-corrected chi connectivity index (χ2v) is 10.8. The number of benzene rings is 2. The van der Waals surface area contributed by atoms with E-state index in [0.29, 0.717) is 19.6 Å². The molecule has 2 heterocycles. The van der Waals surface area contributed by atoms with Crippen molar-refractivity contribution >= 4 is 21.4 Å². The Morgan fingerprint density at radius 2 is 1.55 bits per heavy atom. The molecule has 0 bridgehead atoms. The average Bonchev–Trinajstić information content (AvgIpc) is 3.31. The van der Waals surface area contributed by atoms with Crippen LogP contribution >= 0.6 is 0 Å². The van der Waals surface area contributed by atoms with Crippen molar-refractivity contribution in [3.63, 3.8) is 0 Å². The van der Waals surface area contributed by atoms with E-state index < -0.39 is 15.9 Å². The van der Waals surface area contributed by atoms with Gasteiger partial charge in [0.1, 0.15) is 6.04 Å². The van der Waals surface area contributed by atoms with Gasteiger partial charge in [-0.15, -0.1) is 0 Å². The highest BCUT2D eigenvalue weighted by atomic mass is 32.2. The summed E-state index contributed by atoms with van der Waals surface area (Å²) in [4.78, 5) is 19.9. The lowest BCUT2D eigenvalue weighted by Gasteiger charge is -2.36. The molecule has 0 aromatic heterocycles. The van der Waals surface area contributed by atoms with Crippen LogP contribution in [-0.2, 0) is 21.2 Å². The van der Waals surface area contributed by atoms with E-state index >= 15 is 0 Å². The number of sulfone groups is 1. The van der Waals surface area contributed by atoms with Crippen molar-refractivity contribution in [3.05, 3.63) is 65.7 Å². The SMILES string of the molecule is CN(Cc1ccccc1N1CCCC1)C(=O)C(c1ccccc1)N1CCS(=O)(=O)CC1. The summed E-state index contributed by atoms with van der Waals surface area (Å²) in [6.07, 6.45) is 2.41. The van der Waals surface area contributed by atoms with Crippen LogP contribution in [0, 0.1) is 0 Å². The van der Waals surface area contributed by atoms with Crippen LogP contribution in [0.4, 0.5) is 5.69 Å². The van der Waals surface area contributed by atoms with Crippen LogP contribution in [0.5, 0.6) is 0 Å². The van der Waals surface area contributed by atoms with Gasteiger partial charge >= 0.3 is 0 Å². The fourth-order valence-corrected chi connectivity index (χ4v) is 5.81. The maximum Gasteiger partial charge on any atom is 0.244 e. The Morgan fingerprint density at radius 3 is 2.23 bits per heavy atom. The van der Waals surface area contributed by atoms with E-state index in [-0.39, 0.29) is 17.4 Å². The summed E-state index contributed by atoms with van der Waals surface area (Å²) in [7, 11) is -1.17. The van der Waals surface area contributed by atoms with E-state index in [4.69, 9.17) is 0 Å². The van der Waals surface area contributed by atoms with Gasteiger partial charge in [0.2, 0.25) is 5.91 Å². The topological polar surface area (TPSA) is 60.9 Å². The molecular weight excluding hydrogens is 410 g/mol. The van der Waals surface area contributed by atoms with Gasteiger partial charge in [-0.05, 0) is 30.0 Å². The van der Waals surface area contributed by atoms with Crippen LogP contribution < -0.4 is 4.90 Å². The van der Waals surface area contributed by atoms with Gasteiger partial charge in [-0.3, -0.25) is 9.69 Å². The lowest BCUT2D eigenvalue weighted by molar-refractivity contribution is -0.136. The number of nitrogens with zero attached hydrogens (tertiary/aromatic N) is 3. The quantitative estimate of drug-likeness (QED) is 0.690. The molecule has 2 aromatic rings. The lowest BCUT2D eigenvalue weighted by Crippen LogP contribution is -2.47. The first-order valence-corrected chi connectivity index (χ1v) is 12.8. The van der Waals surface area contributed by atoms with E-state index in [0.717, 1.165) is 24.2 Å². The molecule has 2 fully saturated rings. The molecule has 0 aliphatic carbocycles. The van der Waals surface area contributed by atoms with Gasteiger partial charge in [-0.2, -0.15) is 0 Å². The summed E-state index contributed by atoms with van der Waals surface area (Å²) in [5.74, 6) is 0.206. The summed E-state index contributed by atoms with van der Waals surface area (Å²) < 4.78 is 23.9. The molecule has 0 N–H and O–H groups in total. The first-order chi connectivity index (χ1) is 14.9. The van der Waals surface area contributed by atoms with Crippen molar-refractivity contribution in [1.29, 1.82) is 0 Å². The molecule has 1 unspecified atom stereocenters. The monoisotopic (exact) mass is 441 g/mol. The normalized spacial score (nSPS) is 19.8. The molecule has 31 heavy (non-hydrogen) atoms. The van der Waals surface area contributed by atoms with Crippen molar-refractivity contribution < 1.29 is 13.2 Å². The van der Waals surface area contributed by atoms with Crippen molar-refractivity contribution in [2.24, 2.45) is 0 Å². The average molecular weight is 442 g/mol. The maximum atomic E-state index is 13.7. The van der Waals surface area contributed by atoms with E-state index in [1.165, 1.54) is 18.5 Å². The standard InChI is InChI=1S/C24H31N3O3S/c1-25(19-21-11-5-6-12-22(21)26-13-7-8-14-26)24(28)23(20-9-3-2-4-10-20)27-15-17-31(29,30)18-16-27/h2-6,9-12,23H,7-8,13-19H2,1H3. The molecule has 0 saturated carbocycles. The van der Waals surface area contributed by atoms with E-state index in [1.54, 1.807) is 4.90 Å². The predicted octanol–water partition coefficient (Wildman–Crippen LogP) is 2.72. The van der Waals surface area contributed by atoms with E-state index in [2.05, 4.69) is 23.1 Å². The van der Waals surface area contributed by atoms with Crippen LogP contribution in [-0.4, -0.2) is 68.9 Å². The van der Waals surface area contributed by atoms with Crippen molar-refractivity contribution in [2.75, 3.05) is 49.6 Å². The number of rotatable bonds is 6.